The third-order valence-electron chi connectivity index (χ3n) is 19.7. The topological polar surface area (TPSA) is 24.5 Å². The van der Waals surface area contributed by atoms with Gasteiger partial charge < -0.3 is 28.4 Å². The molecule has 0 fully saturated rings. The molecule has 486 valence electrons. The number of hydrogen-bond acceptors (Lipinski definition) is 3. The maximum absolute atomic E-state index is 2.42. The number of aromatic nitrogens is 3. The molecule has 12 aromatic carbocycles. The normalized spacial score (nSPS) is 11.5. The lowest BCUT2D eigenvalue weighted by Crippen LogP contribution is -2.09. The summed E-state index contributed by atoms with van der Waals surface area (Å²) in [5.74, 6) is 1.02. The first-order valence-electron chi connectivity index (χ1n) is 35.2. The van der Waals surface area contributed by atoms with Crippen molar-refractivity contribution in [3.63, 3.8) is 0 Å². The highest BCUT2D eigenvalue weighted by molar-refractivity contribution is 6.12. The summed E-state index contributed by atoms with van der Waals surface area (Å²) in [5, 5.41) is 8.08. The van der Waals surface area contributed by atoms with Crippen LogP contribution in [0, 0.1) is 0 Å². The first-order chi connectivity index (χ1) is 47.3. The Balaban J connectivity index is 0.000000131. The predicted octanol–water partition coefficient (Wildman–Crippen LogP) is 24.9. The molecule has 0 atom stereocenters. The fraction of sp³-hybridized carbons (Fsp3) is 0.209. The van der Waals surface area contributed by atoms with Crippen LogP contribution in [0.25, 0.3) is 82.5 Å². The number of para-hydroxylation sites is 3. The molecule has 6 heteroatoms. The summed E-state index contributed by atoms with van der Waals surface area (Å²) >= 11 is 0. The van der Waals surface area contributed by atoms with Gasteiger partial charge >= 0.3 is 0 Å². The van der Waals surface area contributed by atoms with Crippen molar-refractivity contribution < 1.29 is 0 Å². The van der Waals surface area contributed by atoms with E-state index in [1.807, 2.05) is 0 Å². The molecule has 0 aliphatic rings. The van der Waals surface area contributed by atoms with Crippen molar-refractivity contribution in [2.75, 3.05) is 35.8 Å². The molecule has 15 aromatic rings. The van der Waals surface area contributed by atoms with Gasteiger partial charge in [-0.2, -0.15) is 0 Å². The Labute approximate surface area is 574 Å². The van der Waals surface area contributed by atoms with Crippen LogP contribution in [0.5, 0.6) is 0 Å². The third kappa shape index (κ3) is 13.3. The second-order valence-corrected chi connectivity index (χ2v) is 26.7. The fourth-order valence-electron chi connectivity index (χ4n) is 14.1. The first-order valence-corrected chi connectivity index (χ1v) is 35.2. The highest BCUT2D eigenvalue weighted by Crippen LogP contribution is 2.40. The molecular weight excluding hydrogens is 1180 g/mol. The lowest BCUT2D eigenvalue weighted by atomic mass is 9.98. The van der Waals surface area contributed by atoms with Crippen LogP contribution in [0.15, 0.2) is 273 Å². The minimum absolute atomic E-state index is 0.508. The molecule has 0 unspecified atom stereocenters. The van der Waals surface area contributed by atoms with Gasteiger partial charge in [0.1, 0.15) is 0 Å². The maximum atomic E-state index is 2.42. The highest BCUT2D eigenvalue weighted by atomic mass is 15.1. The molecule has 3 aromatic heterocycles. The molecule has 0 radical (unpaired) electrons. The highest BCUT2D eigenvalue weighted by Gasteiger charge is 2.19. The fourth-order valence-corrected chi connectivity index (χ4v) is 14.1. The molecule has 0 amide bonds. The molecule has 0 aliphatic carbocycles. The second kappa shape index (κ2) is 28.8. The third-order valence-corrected chi connectivity index (χ3v) is 19.7. The average molecular weight is 1270 g/mol. The van der Waals surface area contributed by atoms with Gasteiger partial charge in [0.05, 0.1) is 33.1 Å². The lowest BCUT2D eigenvalue weighted by Gasteiger charge is -2.20. The summed E-state index contributed by atoms with van der Waals surface area (Å²) in [7, 11) is 6.35. The van der Waals surface area contributed by atoms with E-state index < -0.39 is 0 Å². The SMILES string of the molecule is CC(C)c1ccc2c(c1)c1cc(C(C)C)ccc1n2-c1ccc(N(C)c2ccccc2)cc1.CCCc1ccc2c(c1)c1cc(CCC)ccc1n2-c1ccc(N(C)c2ccccc2)cc1.CCc1ccc2c(c1)c1cc(CC)ccc1n2-c1ccc(N(C)c2ccccc2)cc1. The van der Waals surface area contributed by atoms with Gasteiger partial charge in [0.15, 0.2) is 0 Å². The Hall–Kier alpha value is -10.6. The van der Waals surface area contributed by atoms with Crippen LogP contribution in [0.3, 0.4) is 0 Å². The first kappa shape index (κ1) is 65.1. The molecule has 15 rings (SSSR count). The van der Waals surface area contributed by atoms with Crippen molar-refractivity contribution in [1.82, 2.24) is 13.7 Å². The summed E-state index contributed by atoms with van der Waals surface area (Å²) in [4.78, 5) is 6.67. The Kier molecular flexibility index (Phi) is 19.3. The van der Waals surface area contributed by atoms with Gasteiger partial charge in [-0.15, -0.1) is 0 Å². The maximum Gasteiger partial charge on any atom is 0.0541 e. The van der Waals surface area contributed by atoms with Gasteiger partial charge in [0, 0.05) is 105 Å². The molecule has 6 nitrogen and oxygen atoms in total. The quantitative estimate of drug-likeness (QED) is 0.0908. The molecule has 0 aliphatic heterocycles. The van der Waals surface area contributed by atoms with Gasteiger partial charge in [-0.25, -0.2) is 0 Å². The van der Waals surface area contributed by atoms with Crippen LogP contribution in [0.4, 0.5) is 34.1 Å². The number of fused-ring (bicyclic) bond motifs is 9. The number of anilines is 6. The number of nitrogens with zero attached hydrogens (tertiary/aromatic N) is 6. The van der Waals surface area contributed by atoms with Gasteiger partial charge in [-0.3, -0.25) is 0 Å². The van der Waals surface area contributed by atoms with E-state index in [0.29, 0.717) is 11.8 Å². The van der Waals surface area contributed by atoms with E-state index in [1.165, 1.54) is 163 Å². The van der Waals surface area contributed by atoms with E-state index in [4.69, 9.17) is 0 Å². The number of rotatable bonds is 17. The summed E-state index contributed by atoms with van der Waals surface area (Å²) < 4.78 is 7.23. The van der Waals surface area contributed by atoms with Crippen LogP contribution in [0.2, 0.25) is 0 Å². The van der Waals surface area contributed by atoms with E-state index >= 15 is 0 Å². The zero-order valence-corrected chi connectivity index (χ0v) is 58.6. The molecule has 0 saturated carbocycles. The van der Waals surface area contributed by atoms with Crippen molar-refractivity contribution in [1.29, 1.82) is 0 Å². The zero-order chi connectivity index (χ0) is 67.3. The van der Waals surface area contributed by atoms with Crippen molar-refractivity contribution in [2.45, 2.75) is 106 Å². The largest absolute Gasteiger partial charge is 0.345 e. The monoisotopic (exact) mass is 1270 g/mol. The van der Waals surface area contributed by atoms with E-state index in [0.717, 1.165) is 25.7 Å². The Morgan fingerprint density at radius 2 is 0.495 bits per heavy atom. The van der Waals surface area contributed by atoms with Crippen molar-refractivity contribution >= 4 is 99.5 Å². The smallest absolute Gasteiger partial charge is 0.0541 e. The zero-order valence-electron chi connectivity index (χ0n) is 58.6. The Bertz CT molecular complexity index is 4980. The molecule has 0 bridgehead atoms. The minimum Gasteiger partial charge on any atom is -0.345 e. The van der Waals surface area contributed by atoms with Crippen molar-refractivity contribution in [2.24, 2.45) is 0 Å². The van der Waals surface area contributed by atoms with Crippen LogP contribution in [-0.2, 0) is 25.7 Å². The van der Waals surface area contributed by atoms with Crippen LogP contribution >= 0.6 is 0 Å². The molecule has 3 heterocycles. The minimum atomic E-state index is 0.508. The second-order valence-electron chi connectivity index (χ2n) is 26.7. The number of hydrogen-bond donors (Lipinski definition) is 0. The van der Waals surface area contributed by atoms with Crippen LogP contribution in [0.1, 0.15) is 113 Å². The van der Waals surface area contributed by atoms with E-state index in [1.54, 1.807) is 0 Å². The predicted molar refractivity (Wildman–Crippen MR) is 421 cm³/mol. The summed E-state index contributed by atoms with van der Waals surface area (Å²) in [6, 6.07) is 99.9. The molecule has 97 heavy (non-hydrogen) atoms. The molecular formula is C91H92N6. The van der Waals surface area contributed by atoms with E-state index in [2.05, 4.69) is 378 Å². The standard InChI is InChI=1S/2C31H32N2.C29H28N2/c1-21(2)23-11-17-30-28(19-23)29-20-24(22(3)4)12-18-31(29)33(30)27-15-13-26(14-16-27)32(5)25-9-7-6-8-10-25;1-4-9-23-13-19-30-28(21-23)29-22-24(10-5-2)14-20-31(29)33(30)27-17-15-26(16-18-27)32(3)25-11-7-6-8-12-25;1-4-21-11-17-28-26(19-21)27-20-22(5-2)12-18-29(27)31(28)25-15-13-24(14-16-25)30(3)23-9-7-6-8-10-23/h6-22H,1-5H3;6-8,11-22H,4-5,9-10H2,1-3H3;6-20H,4-5H2,1-3H3. The van der Waals surface area contributed by atoms with Crippen LogP contribution in [-0.4, -0.2) is 34.8 Å². The van der Waals surface area contributed by atoms with Gasteiger partial charge in [-0.1, -0.05) is 159 Å². The van der Waals surface area contributed by atoms with Crippen molar-refractivity contribution in [3.05, 3.63) is 306 Å². The molecule has 0 N–H and O–H groups in total. The van der Waals surface area contributed by atoms with Gasteiger partial charge in [0.2, 0.25) is 0 Å². The van der Waals surface area contributed by atoms with E-state index in [-0.39, 0.29) is 0 Å². The Morgan fingerprint density at radius 1 is 0.258 bits per heavy atom. The summed E-state index contributed by atoms with van der Waals surface area (Å²) in [6.07, 6.45) is 6.69. The lowest BCUT2D eigenvalue weighted by molar-refractivity contribution is 0.868. The number of benzene rings is 12. The van der Waals surface area contributed by atoms with E-state index in [9.17, 15) is 0 Å². The summed E-state index contributed by atoms with van der Waals surface area (Å²) in [6.45, 7) is 18.0. The van der Waals surface area contributed by atoms with Crippen LogP contribution < -0.4 is 14.7 Å². The van der Waals surface area contributed by atoms with Gasteiger partial charge in [-0.05, 0) is 253 Å². The molecule has 0 spiro atoms. The number of aryl methyl sites for hydroxylation is 4. The Morgan fingerprint density at radius 3 is 0.753 bits per heavy atom. The van der Waals surface area contributed by atoms with Crippen molar-refractivity contribution in [3.8, 4) is 17.1 Å². The van der Waals surface area contributed by atoms with Gasteiger partial charge in [0.25, 0.3) is 0 Å². The average Bonchev–Trinajstić information content (AvgIpc) is 1.61. The molecule has 0 saturated heterocycles. The summed E-state index contributed by atoms with van der Waals surface area (Å²) in [5.41, 5.74) is 26.7.